The van der Waals surface area contributed by atoms with E-state index in [4.69, 9.17) is 4.42 Å². The minimum atomic E-state index is -4.62. The molecule has 128 valence electrons. The molecule has 1 aromatic heterocycles. The minimum absolute atomic E-state index is 0.157. The lowest BCUT2D eigenvalue weighted by Gasteiger charge is -2.13. The van der Waals surface area contributed by atoms with Crippen LogP contribution < -0.4 is 10.7 Å². The molecule has 4 nitrogen and oxygen atoms in total. The van der Waals surface area contributed by atoms with Gasteiger partial charge in [0.15, 0.2) is 11.2 Å². The molecule has 0 aliphatic carbocycles. The standard InChI is InChI=1S/C17H9BrF3NO3/c18-9-5-6-14-10(7-9)13(23)8-15(25-14)16(24)22-12-4-2-1-3-11(12)17(19,20)21/h1-8H,(H,22,24). The summed E-state index contributed by atoms with van der Waals surface area (Å²) in [6.45, 7) is 0. The number of rotatable bonds is 2. The Kier molecular flexibility index (Phi) is 4.38. The summed E-state index contributed by atoms with van der Waals surface area (Å²) in [5.74, 6) is -1.32. The first-order valence-corrected chi connectivity index (χ1v) is 7.76. The average molecular weight is 412 g/mol. The molecule has 0 aliphatic rings. The van der Waals surface area contributed by atoms with Crippen molar-refractivity contribution < 1.29 is 22.4 Å². The van der Waals surface area contributed by atoms with Gasteiger partial charge in [0.05, 0.1) is 16.6 Å². The number of carbonyl (C=O) groups is 1. The van der Waals surface area contributed by atoms with Crippen LogP contribution in [0.1, 0.15) is 16.1 Å². The highest BCUT2D eigenvalue weighted by molar-refractivity contribution is 9.10. The van der Waals surface area contributed by atoms with Crippen LogP contribution in [0, 0.1) is 0 Å². The zero-order chi connectivity index (χ0) is 18.2. The molecule has 0 aliphatic heterocycles. The number of fused-ring (bicyclic) bond motifs is 1. The van der Waals surface area contributed by atoms with E-state index in [1.54, 1.807) is 6.07 Å². The quantitative estimate of drug-likeness (QED) is 0.656. The first-order valence-electron chi connectivity index (χ1n) is 6.97. The van der Waals surface area contributed by atoms with Crippen molar-refractivity contribution >= 4 is 38.5 Å². The maximum atomic E-state index is 13.0. The third-order valence-electron chi connectivity index (χ3n) is 3.39. The fourth-order valence-electron chi connectivity index (χ4n) is 2.26. The van der Waals surface area contributed by atoms with Crippen LogP contribution in [0.25, 0.3) is 11.0 Å². The van der Waals surface area contributed by atoms with Gasteiger partial charge in [-0.3, -0.25) is 9.59 Å². The summed E-state index contributed by atoms with van der Waals surface area (Å²) in [6.07, 6.45) is -4.62. The van der Waals surface area contributed by atoms with Gasteiger partial charge in [0.2, 0.25) is 0 Å². The summed E-state index contributed by atoms with van der Waals surface area (Å²) < 4.78 is 44.9. The fraction of sp³-hybridized carbons (Fsp3) is 0.0588. The summed E-state index contributed by atoms with van der Waals surface area (Å²) in [5, 5.41) is 2.39. The van der Waals surface area contributed by atoms with E-state index >= 15 is 0 Å². The van der Waals surface area contributed by atoms with Gasteiger partial charge in [0.25, 0.3) is 5.91 Å². The fourth-order valence-corrected chi connectivity index (χ4v) is 2.62. The van der Waals surface area contributed by atoms with E-state index in [9.17, 15) is 22.8 Å². The molecular weight excluding hydrogens is 403 g/mol. The number of para-hydroxylation sites is 1. The molecule has 0 unspecified atom stereocenters. The Hall–Kier alpha value is -2.61. The van der Waals surface area contributed by atoms with Crippen molar-refractivity contribution in [2.75, 3.05) is 5.32 Å². The monoisotopic (exact) mass is 411 g/mol. The van der Waals surface area contributed by atoms with Crippen molar-refractivity contribution in [1.82, 2.24) is 0 Å². The number of halogens is 4. The van der Waals surface area contributed by atoms with Gasteiger partial charge in [0, 0.05) is 10.5 Å². The Balaban J connectivity index is 1.99. The maximum absolute atomic E-state index is 13.0. The number of anilines is 1. The molecule has 1 amide bonds. The summed E-state index contributed by atoms with van der Waals surface area (Å²) in [7, 11) is 0. The van der Waals surface area contributed by atoms with Crippen molar-refractivity contribution in [3.63, 3.8) is 0 Å². The first-order chi connectivity index (χ1) is 11.8. The molecule has 0 saturated heterocycles. The molecule has 8 heteroatoms. The molecule has 0 spiro atoms. The van der Waals surface area contributed by atoms with Crippen LogP contribution in [-0.4, -0.2) is 5.91 Å². The van der Waals surface area contributed by atoms with Gasteiger partial charge in [-0.25, -0.2) is 0 Å². The van der Waals surface area contributed by atoms with Crippen molar-refractivity contribution in [3.05, 3.63) is 74.6 Å². The molecule has 2 aromatic carbocycles. The topological polar surface area (TPSA) is 59.3 Å². The van der Waals surface area contributed by atoms with Gasteiger partial charge in [-0.05, 0) is 30.3 Å². The van der Waals surface area contributed by atoms with Gasteiger partial charge in [-0.1, -0.05) is 28.1 Å². The summed E-state index contributed by atoms with van der Waals surface area (Å²) in [4.78, 5) is 24.3. The number of alkyl halides is 3. The van der Waals surface area contributed by atoms with E-state index in [2.05, 4.69) is 21.2 Å². The SMILES string of the molecule is O=C(Nc1ccccc1C(F)(F)F)c1cc(=O)c2cc(Br)ccc2o1. The lowest BCUT2D eigenvalue weighted by molar-refractivity contribution is -0.136. The second-order valence-electron chi connectivity index (χ2n) is 5.11. The van der Waals surface area contributed by atoms with Crippen molar-refractivity contribution in [3.8, 4) is 0 Å². The number of carbonyl (C=O) groups excluding carboxylic acids is 1. The zero-order valence-electron chi connectivity index (χ0n) is 12.4. The Labute approximate surface area is 147 Å². The second-order valence-corrected chi connectivity index (χ2v) is 6.03. The average Bonchev–Trinajstić information content (AvgIpc) is 2.55. The van der Waals surface area contributed by atoms with Crippen LogP contribution in [0.5, 0.6) is 0 Å². The zero-order valence-corrected chi connectivity index (χ0v) is 13.9. The molecule has 0 radical (unpaired) electrons. The Morgan fingerprint density at radius 2 is 1.80 bits per heavy atom. The molecule has 3 rings (SSSR count). The third-order valence-corrected chi connectivity index (χ3v) is 3.89. The van der Waals surface area contributed by atoms with E-state index in [-0.39, 0.29) is 16.7 Å². The molecule has 1 N–H and O–H groups in total. The van der Waals surface area contributed by atoms with Crippen LogP contribution >= 0.6 is 15.9 Å². The smallest absolute Gasteiger partial charge is 0.418 e. The van der Waals surface area contributed by atoms with Gasteiger partial charge in [-0.15, -0.1) is 0 Å². The van der Waals surface area contributed by atoms with Crippen LogP contribution in [0.15, 0.2) is 62.2 Å². The van der Waals surface area contributed by atoms with E-state index < -0.39 is 28.8 Å². The Morgan fingerprint density at radius 3 is 2.52 bits per heavy atom. The van der Waals surface area contributed by atoms with E-state index in [0.29, 0.717) is 4.47 Å². The Morgan fingerprint density at radius 1 is 1.08 bits per heavy atom. The number of hydrogen-bond donors (Lipinski definition) is 1. The summed E-state index contributed by atoms with van der Waals surface area (Å²) >= 11 is 3.22. The number of amides is 1. The molecule has 25 heavy (non-hydrogen) atoms. The van der Waals surface area contributed by atoms with Gasteiger partial charge >= 0.3 is 6.18 Å². The normalized spacial score (nSPS) is 11.5. The highest BCUT2D eigenvalue weighted by atomic mass is 79.9. The Bertz CT molecular complexity index is 1030. The molecule has 0 atom stereocenters. The molecule has 0 saturated carbocycles. The van der Waals surface area contributed by atoms with Gasteiger partial charge < -0.3 is 9.73 Å². The molecular formula is C17H9BrF3NO3. The van der Waals surface area contributed by atoms with E-state index in [1.165, 1.54) is 24.3 Å². The van der Waals surface area contributed by atoms with Crippen molar-refractivity contribution in [2.24, 2.45) is 0 Å². The first kappa shape index (κ1) is 17.2. The van der Waals surface area contributed by atoms with Gasteiger partial charge in [0.1, 0.15) is 5.58 Å². The maximum Gasteiger partial charge on any atom is 0.418 e. The van der Waals surface area contributed by atoms with Gasteiger partial charge in [-0.2, -0.15) is 13.2 Å². The van der Waals surface area contributed by atoms with Crippen molar-refractivity contribution in [1.29, 1.82) is 0 Å². The number of benzene rings is 2. The number of nitrogens with one attached hydrogen (secondary N) is 1. The number of hydrogen-bond acceptors (Lipinski definition) is 3. The summed E-state index contributed by atoms with van der Waals surface area (Å²) in [6, 6.07) is 10.1. The van der Waals surface area contributed by atoms with Crippen molar-refractivity contribution in [2.45, 2.75) is 6.18 Å². The van der Waals surface area contributed by atoms with E-state index in [1.807, 2.05) is 0 Å². The molecule has 0 fully saturated rings. The predicted octanol–water partition coefficient (Wildman–Crippen LogP) is 4.83. The highest BCUT2D eigenvalue weighted by Gasteiger charge is 2.33. The second kappa shape index (κ2) is 6.36. The third kappa shape index (κ3) is 3.58. The molecule has 1 heterocycles. The largest absolute Gasteiger partial charge is 0.451 e. The molecule has 0 bridgehead atoms. The van der Waals surface area contributed by atoms with Crippen LogP contribution in [0.3, 0.4) is 0 Å². The van der Waals surface area contributed by atoms with Crippen LogP contribution in [0.2, 0.25) is 0 Å². The van der Waals surface area contributed by atoms with Crippen LogP contribution in [0.4, 0.5) is 18.9 Å². The minimum Gasteiger partial charge on any atom is -0.451 e. The highest BCUT2D eigenvalue weighted by Crippen LogP contribution is 2.34. The van der Waals surface area contributed by atoms with E-state index in [0.717, 1.165) is 18.2 Å². The molecule has 3 aromatic rings. The summed E-state index contributed by atoms with van der Waals surface area (Å²) in [5.41, 5.74) is -1.73. The lowest BCUT2D eigenvalue weighted by atomic mass is 10.1. The predicted molar refractivity (Wildman–Crippen MR) is 89.6 cm³/mol. The van der Waals surface area contributed by atoms with Crippen LogP contribution in [-0.2, 0) is 6.18 Å². The lowest BCUT2D eigenvalue weighted by Crippen LogP contribution is -2.18.